The number of aromatic nitrogens is 2. The third kappa shape index (κ3) is 4.96. The summed E-state index contributed by atoms with van der Waals surface area (Å²) in [5.74, 6) is 0.364. The van der Waals surface area contributed by atoms with Gasteiger partial charge in [0.2, 0.25) is 0 Å². The first-order valence-electron chi connectivity index (χ1n) is 9.46. The van der Waals surface area contributed by atoms with E-state index in [2.05, 4.69) is 31.0 Å². The third-order valence-corrected chi connectivity index (χ3v) is 4.95. The maximum Gasteiger partial charge on any atom is 0.270 e. The Morgan fingerprint density at radius 3 is 2.62 bits per heavy atom. The lowest BCUT2D eigenvalue weighted by Gasteiger charge is -2.00. The van der Waals surface area contributed by atoms with Crippen LogP contribution in [0, 0.1) is 10.1 Å². The summed E-state index contributed by atoms with van der Waals surface area (Å²) in [4.78, 5) is 19.5. The van der Waals surface area contributed by atoms with Gasteiger partial charge in [0.25, 0.3) is 11.6 Å². The van der Waals surface area contributed by atoms with Gasteiger partial charge in [-0.1, -0.05) is 58.4 Å². The highest BCUT2D eigenvalue weighted by atomic mass is 79.9. The lowest BCUT2D eigenvalue weighted by Crippen LogP contribution is -1.92. The summed E-state index contributed by atoms with van der Waals surface area (Å²) in [5, 5.41) is 25.5. The van der Waals surface area contributed by atoms with Crippen LogP contribution in [0.5, 0.6) is 5.75 Å². The molecule has 0 aliphatic carbocycles. The molecule has 0 spiro atoms. The van der Waals surface area contributed by atoms with Crippen molar-refractivity contribution in [1.29, 1.82) is 0 Å². The van der Waals surface area contributed by atoms with Gasteiger partial charge in [0.05, 0.1) is 23.0 Å². The molecular formula is C23H16BrN5O3. The molecule has 0 aliphatic rings. The maximum absolute atomic E-state index is 11.0. The largest absolute Gasteiger partial charge is 0.507 e. The highest BCUT2D eigenvalue weighted by Gasteiger charge is 2.09. The molecule has 0 saturated carbocycles. The minimum atomic E-state index is -0.456. The number of benzene rings is 3. The van der Waals surface area contributed by atoms with Crippen molar-refractivity contribution in [3.05, 3.63) is 105 Å². The predicted molar refractivity (Wildman–Crippen MR) is 127 cm³/mol. The van der Waals surface area contributed by atoms with Gasteiger partial charge in [0, 0.05) is 39.5 Å². The Balaban J connectivity index is 1.72. The topological polar surface area (TPSA) is 106 Å². The number of aliphatic imine (C=N–C) groups is 1. The van der Waals surface area contributed by atoms with E-state index in [1.54, 1.807) is 36.5 Å². The highest BCUT2D eigenvalue weighted by Crippen LogP contribution is 2.24. The summed E-state index contributed by atoms with van der Waals surface area (Å²) in [6.07, 6.45) is 4.71. The Morgan fingerprint density at radius 2 is 1.84 bits per heavy atom. The second kappa shape index (κ2) is 9.36. The van der Waals surface area contributed by atoms with Crippen LogP contribution in [-0.4, -0.2) is 32.1 Å². The molecule has 4 rings (SSSR count). The van der Waals surface area contributed by atoms with E-state index >= 15 is 0 Å². The van der Waals surface area contributed by atoms with Gasteiger partial charge in [-0.25, -0.2) is 14.7 Å². The van der Waals surface area contributed by atoms with Crippen LogP contribution in [0.25, 0.3) is 11.3 Å². The van der Waals surface area contributed by atoms with Crippen LogP contribution in [0.3, 0.4) is 0 Å². The van der Waals surface area contributed by atoms with E-state index in [-0.39, 0.29) is 17.4 Å². The van der Waals surface area contributed by atoms with Gasteiger partial charge in [0.15, 0.2) is 0 Å². The summed E-state index contributed by atoms with van der Waals surface area (Å²) in [7, 11) is 0. The van der Waals surface area contributed by atoms with Gasteiger partial charge in [-0.15, -0.1) is 0 Å². The molecule has 158 valence electrons. The van der Waals surface area contributed by atoms with Gasteiger partial charge in [0.1, 0.15) is 5.75 Å². The van der Waals surface area contributed by atoms with Crippen molar-refractivity contribution in [1.82, 2.24) is 9.66 Å². The van der Waals surface area contributed by atoms with Crippen LogP contribution in [0.15, 0.2) is 93.6 Å². The molecule has 0 saturated heterocycles. The molecule has 0 amide bonds. The van der Waals surface area contributed by atoms with Crippen molar-refractivity contribution in [3.8, 4) is 17.0 Å². The first kappa shape index (κ1) is 21.1. The number of nitrogens with zero attached hydrogens (tertiary/aromatic N) is 5. The monoisotopic (exact) mass is 489 g/mol. The zero-order valence-corrected chi connectivity index (χ0v) is 18.1. The number of nitro groups is 1. The van der Waals surface area contributed by atoms with E-state index in [1.165, 1.54) is 29.2 Å². The van der Waals surface area contributed by atoms with Gasteiger partial charge in [-0.2, -0.15) is 5.10 Å². The van der Waals surface area contributed by atoms with Crippen LogP contribution in [0.4, 0.5) is 11.6 Å². The molecule has 3 aromatic carbocycles. The highest BCUT2D eigenvalue weighted by molar-refractivity contribution is 9.10. The van der Waals surface area contributed by atoms with Gasteiger partial charge >= 0.3 is 0 Å². The van der Waals surface area contributed by atoms with Crippen molar-refractivity contribution in [2.45, 2.75) is 0 Å². The third-order valence-electron chi connectivity index (χ3n) is 4.46. The molecule has 9 heteroatoms. The molecule has 0 radical (unpaired) electrons. The van der Waals surface area contributed by atoms with Crippen molar-refractivity contribution in [2.24, 2.45) is 10.1 Å². The quantitative estimate of drug-likeness (QED) is 0.217. The van der Waals surface area contributed by atoms with Crippen molar-refractivity contribution in [3.63, 3.8) is 0 Å². The number of non-ortho nitro benzene ring substituents is 1. The second-order valence-electron chi connectivity index (χ2n) is 6.69. The minimum absolute atomic E-state index is 0.0204. The van der Waals surface area contributed by atoms with E-state index in [0.717, 1.165) is 10.0 Å². The number of phenols is 1. The Labute approximate surface area is 191 Å². The number of hydrogen-bond donors (Lipinski definition) is 1. The Hall–Kier alpha value is -4.11. The van der Waals surface area contributed by atoms with Crippen molar-refractivity contribution < 1.29 is 10.0 Å². The van der Waals surface area contributed by atoms with Gasteiger partial charge in [-0.05, 0) is 18.2 Å². The van der Waals surface area contributed by atoms with Crippen LogP contribution in [0.2, 0.25) is 0 Å². The fraction of sp³-hybridized carbons (Fsp3) is 0. The number of nitro benzene ring substituents is 1. The van der Waals surface area contributed by atoms with Gasteiger partial charge in [-0.3, -0.25) is 10.1 Å². The summed E-state index contributed by atoms with van der Waals surface area (Å²) >= 11 is 3.37. The molecule has 1 N–H and O–H groups in total. The molecule has 32 heavy (non-hydrogen) atoms. The maximum atomic E-state index is 11.0. The molecule has 8 nitrogen and oxygen atoms in total. The Morgan fingerprint density at radius 1 is 1.03 bits per heavy atom. The fourth-order valence-corrected chi connectivity index (χ4v) is 3.26. The van der Waals surface area contributed by atoms with Crippen LogP contribution in [-0.2, 0) is 0 Å². The van der Waals surface area contributed by atoms with Crippen molar-refractivity contribution in [2.75, 3.05) is 0 Å². The number of phenolic OH excluding ortho intramolecular Hbond substituents is 1. The average molecular weight is 490 g/mol. The second-order valence-corrected chi connectivity index (χ2v) is 7.61. The molecule has 0 unspecified atom stereocenters. The standard InChI is InChI=1S/C23H16BrN5O3/c24-19-9-10-22(30)18(12-19)14-25-23-27-21(17-6-2-1-3-7-17)15-28(23)26-13-16-5-4-8-20(11-16)29(31)32/h1-15,30H/b25-14?,26-13-. The van der Waals surface area contributed by atoms with Crippen LogP contribution in [0.1, 0.15) is 11.1 Å². The van der Waals surface area contributed by atoms with E-state index in [0.29, 0.717) is 16.8 Å². The fourth-order valence-electron chi connectivity index (χ4n) is 2.89. The van der Waals surface area contributed by atoms with Crippen molar-refractivity contribution >= 4 is 40.0 Å². The molecule has 4 aromatic rings. The first-order valence-corrected chi connectivity index (χ1v) is 10.2. The van der Waals surface area contributed by atoms with Gasteiger partial charge < -0.3 is 5.11 Å². The Bertz CT molecular complexity index is 1330. The molecule has 1 heterocycles. The lowest BCUT2D eigenvalue weighted by molar-refractivity contribution is -0.384. The first-order chi connectivity index (χ1) is 15.5. The zero-order chi connectivity index (χ0) is 22.5. The average Bonchev–Trinajstić information content (AvgIpc) is 3.22. The molecule has 0 fully saturated rings. The number of aromatic hydroxyl groups is 1. The number of halogens is 1. The van der Waals surface area contributed by atoms with Crippen LogP contribution < -0.4 is 0 Å². The predicted octanol–water partition coefficient (Wildman–Crippen LogP) is 5.56. The Kier molecular flexibility index (Phi) is 6.18. The zero-order valence-electron chi connectivity index (χ0n) is 16.5. The van der Waals surface area contributed by atoms with E-state index in [4.69, 9.17) is 0 Å². The minimum Gasteiger partial charge on any atom is -0.507 e. The smallest absolute Gasteiger partial charge is 0.270 e. The van der Waals surface area contributed by atoms with E-state index in [1.807, 2.05) is 30.3 Å². The normalized spacial score (nSPS) is 11.4. The number of imidazole rings is 1. The van der Waals surface area contributed by atoms with Crippen LogP contribution >= 0.6 is 15.9 Å². The molecule has 0 bridgehead atoms. The summed E-state index contributed by atoms with van der Waals surface area (Å²) < 4.78 is 2.28. The summed E-state index contributed by atoms with van der Waals surface area (Å²) in [6.45, 7) is 0. The molecule has 0 atom stereocenters. The molecule has 1 aromatic heterocycles. The summed E-state index contributed by atoms with van der Waals surface area (Å²) in [5.41, 5.74) is 2.60. The summed E-state index contributed by atoms with van der Waals surface area (Å²) in [6, 6.07) is 20.8. The molecule has 0 aliphatic heterocycles. The lowest BCUT2D eigenvalue weighted by atomic mass is 10.2. The molecular weight excluding hydrogens is 474 g/mol. The number of rotatable bonds is 6. The van der Waals surface area contributed by atoms with E-state index in [9.17, 15) is 15.2 Å². The number of hydrogen-bond acceptors (Lipinski definition) is 6. The SMILES string of the molecule is O=[N+]([O-])c1cccc(/C=N\n2cc(-c3ccccc3)nc2N=Cc2cc(Br)ccc2O)c1. The van der Waals surface area contributed by atoms with E-state index < -0.39 is 4.92 Å².